The van der Waals surface area contributed by atoms with Gasteiger partial charge in [0.1, 0.15) is 5.82 Å². The number of imidazole rings is 1. The fraction of sp³-hybridized carbons (Fsp3) is 0.611. The van der Waals surface area contributed by atoms with E-state index in [9.17, 15) is 0 Å². The van der Waals surface area contributed by atoms with Crippen LogP contribution in [0.2, 0.25) is 0 Å². The van der Waals surface area contributed by atoms with Gasteiger partial charge < -0.3 is 14.4 Å². The fourth-order valence-electron chi connectivity index (χ4n) is 3.38. The van der Waals surface area contributed by atoms with Crippen LogP contribution < -0.4 is 4.90 Å². The van der Waals surface area contributed by atoms with Gasteiger partial charge in [-0.25, -0.2) is 4.98 Å². The average Bonchev–Trinajstić information content (AvgIpc) is 3.04. The third-order valence-corrected chi connectivity index (χ3v) is 4.65. The smallest absolute Gasteiger partial charge is 0.151 e. The third-order valence-electron chi connectivity index (χ3n) is 4.65. The van der Waals surface area contributed by atoms with Crippen LogP contribution in [0.3, 0.4) is 0 Å². The van der Waals surface area contributed by atoms with Crippen molar-refractivity contribution in [3.8, 4) is 0 Å². The molecule has 0 radical (unpaired) electrons. The van der Waals surface area contributed by atoms with Gasteiger partial charge >= 0.3 is 0 Å². The van der Waals surface area contributed by atoms with E-state index < -0.39 is 0 Å². The van der Waals surface area contributed by atoms with Crippen molar-refractivity contribution in [1.82, 2.24) is 24.6 Å². The average molecular weight is 328 g/mol. The van der Waals surface area contributed by atoms with Gasteiger partial charge in [0, 0.05) is 37.9 Å². The van der Waals surface area contributed by atoms with Crippen molar-refractivity contribution in [1.29, 1.82) is 0 Å². The van der Waals surface area contributed by atoms with Crippen molar-refractivity contribution in [3.63, 3.8) is 0 Å². The summed E-state index contributed by atoms with van der Waals surface area (Å²) in [6.07, 6.45) is 7.58. The molecule has 3 rings (SSSR count). The molecule has 3 heterocycles. The lowest BCUT2D eigenvalue weighted by atomic mass is 9.97. The first-order chi connectivity index (χ1) is 11.6. The molecular formula is C18H28N6. The zero-order valence-electron chi connectivity index (χ0n) is 15.0. The van der Waals surface area contributed by atoms with Crippen LogP contribution >= 0.6 is 0 Å². The van der Waals surface area contributed by atoms with E-state index >= 15 is 0 Å². The van der Waals surface area contributed by atoms with Crippen molar-refractivity contribution in [2.24, 2.45) is 0 Å². The van der Waals surface area contributed by atoms with Gasteiger partial charge in [0.2, 0.25) is 0 Å². The lowest BCUT2D eigenvalue weighted by Crippen LogP contribution is -2.36. The summed E-state index contributed by atoms with van der Waals surface area (Å²) in [5.74, 6) is 2.67. The zero-order chi connectivity index (χ0) is 16.9. The normalized spacial score (nSPS) is 18.3. The molecule has 6 nitrogen and oxygen atoms in total. The van der Waals surface area contributed by atoms with Crippen molar-refractivity contribution < 1.29 is 0 Å². The van der Waals surface area contributed by atoms with Gasteiger partial charge in [0.05, 0.1) is 5.69 Å². The van der Waals surface area contributed by atoms with E-state index in [2.05, 4.69) is 55.9 Å². The van der Waals surface area contributed by atoms with E-state index in [0.717, 1.165) is 44.1 Å². The summed E-state index contributed by atoms with van der Waals surface area (Å²) in [7, 11) is 4.24. The summed E-state index contributed by atoms with van der Waals surface area (Å²) in [6.45, 7) is 6.14. The molecule has 0 saturated carbocycles. The Morgan fingerprint density at radius 2 is 2.12 bits per heavy atom. The van der Waals surface area contributed by atoms with Crippen molar-refractivity contribution in [2.75, 3.05) is 38.6 Å². The first-order valence-electron chi connectivity index (χ1n) is 8.84. The zero-order valence-corrected chi connectivity index (χ0v) is 15.0. The Balaban J connectivity index is 1.66. The Bertz CT molecular complexity index is 633. The van der Waals surface area contributed by atoms with Crippen LogP contribution in [0, 0.1) is 6.92 Å². The molecule has 1 aliphatic rings. The van der Waals surface area contributed by atoms with Crippen molar-refractivity contribution in [2.45, 2.75) is 38.6 Å². The van der Waals surface area contributed by atoms with E-state index in [1.54, 1.807) is 0 Å². The van der Waals surface area contributed by atoms with Gasteiger partial charge in [0.25, 0.3) is 0 Å². The number of aromatic nitrogens is 4. The predicted molar refractivity (Wildman–Crippen MR) is 96.4 cm³/mol. The molecule has 0 N–H and O–H groups in total. The highest BCUT2D eigenvalue weighted by Crippen LogP contribution is 2.28. The van der Waals surface area contributed by atoms with Crippen LogP contribution in [-0.4, -0.2) is 58.4 Å². The van der Waals surface area contributed by atoms with Crippen LogP contribution in [0.25, 0.3) is 0 Å². The first-order valence-corrected chi connectivity index (χ1v) is 8.84. The van der Waals surface area contributed by atoms with Gasteiger partial charge in [-0.15, -0.1) is 5.10 Å². The van der Waals surface area contributed by atoms with E-state index in [1.165, 1.54) is 18.7 Å². The molecule has 6 heteroatoms. The van der Waals surface area contributed by atoms with Crippen LogP contribution in [0.4, 0.5) is 5.82 Å². The monoisotopic (exact) mass is 328 g/mol. The van der Waals surface area contributed by atoms with Crippen LogP contribution in [-0.2, 0) is 6.54 Å². The maximum atomic E-state index is 4.67. The van der Waals surface area contributed by atoms with E-state index in [1.807, 2.05) is 19.2 Å². The Hall–Kier alpha value is -1.95. The molecule has 0 amide bonds. The minimum atomic E-state index is 0.469. The molecule has 2 aromatic heterocycles. The van der Waals surface area contributed by atoms with Crippen LogP contribution in [0.1, 0.15) is 36.7 Å². The maximum absolute atomic E-state index is 4.67. The van der Waals surface area contributed by atoms with Crippen molar-refractivity contribution >= 4 is 5.82 Å². The van der Waals surface area contributed by atoms with E-state index in [-0.39, 0.29) is 0 Å². The fourth-order valence-corrected chi connectivity index (χ4v) is 3.38. The summed E-state index contributed by atoms with van der Waals surface area (Å²) in [6, 6.07) is 4.11. The Kier molecular flexibility index (Phi) is 5.45. The topological polar surface area (TPSA) is 50.1 Å². The number of anilines is 1. The summed E-state index contributed by atoms with van der Waals surface area (Å²) >= 11 is 0. The molecule has 1 saturated heterocycles. The molecule has 0 unspecified atom stereocenters. The number of nitrogens with zero attached hydrogens (tertiary/aromatic N) is 6. The second-order valence-electron chi connectivity index (χ2n) is 6.95. The summed E-state index contributed by atoms with van der Waals surface area (Å²) in [5, 5.41) is 8.55. The first kappa shape index (κ1) is 16.9. The summed E-state index contributed by atoms with van der Waals surface area (Å²) in [4.78, 5) is 9.24. The molecule has 1 aliphatic heterocycles. The Morgan fingerprint density at radius 1 is 1.25 bits per heavy atom. The Morgan fingerprint density at radius 3 is 2.88 bits per heavy atom. The van der Waals surface area contributed by atoms with Gasteiger partial charge in [-0.2, -0.15) is 5.10 Å². The number of piperidine rings is 1. The van der Waals surface area contributed by atoms with Crippen LogP contribution in [0.5, 0.6) is 0 Å². The second-order valence-corrected chi connectivity index (χ2v) is 6.95. The molecule has 1 fully saturated rings. The van der Waals surface area contributed by atoms with E-state index in [4.69, 9.17) is 0 Å². The molecule has 2 aromatic rings. The number of aryl methyl sites for hydroxylation is 2. The molecule has 130 valence electrons. The molecule has 1 atom stereocenters. The lowest BCUT2D eigenvalue weighted by molar-refractivity contribution is 0.380. The quantitative estimate of drug-likeness (QED) is 0.814. The largest absolute Gasteiger partial charge is 0.354 e. The molecule has 0 spiro atoms. The van der Waals surface area contributed by atoms with E-state index in [0.29, 0.717) is 5.92 Å². The highest BCUT2D eigenvalue weighted by Gasteiger charge is 2.25. The number of hydrogen-bond acceptors (Lipinski definition) is 5. The predicted octanol–water partition coefficient (Wildman–Crippen LogP) is 2.32. The third kappa shape index (κ3) is 4.12. The Labute approximate surface area is 144 Å². The number of hydrogen-bond donors (Lipinski definition) is 0. The summed E-state index contributed by atoms with van der Waals surface area (Å²) < 4.78 is 2.33. The summed E-state index contributed by atoms with van der Waals surface area (Å²) in [5.41, 5.74) is 0.962. The van der Waals surface area contributed by atoms with Gasteiger partial charge in [-0.1, -0.05) is 0 Å². The molecule has 0 aromatic carbocycles. The van der Waals surface area contributed by atoms with Crippen LogP contribution in [0.15, 0.2) is 24.5 Å². The van der Waals surface area contributed by atoms with Gasteiger partial charge in [-0.05, 0) is 59.0 Å². The molecule has 0 aliphatic carbocycles. The maximum Gasteiger partial charge on any atom is 0.151 e. The second kappa shape index (κ2) is 7.75. The van der Waals surface area contributed by atoms with Gasteiger partial charge in [0.15, 0.2) is 5.82 Å². The minimum absolute atomic E-state index is 0.469. The standard InChI is InChI=1S/C18H28N6/c1-15-7-8-17(21-20-15)24-11-4-6-16(14-24)18-19-9-13-23(18)12-5-10-22(2)3/h7-9,13,16H,4-6,10-12,14H2,1-3H3/t16-/m1/s1. The highest BCUT2D eigenvalue weighted by atomic mass is 15.3. The lowest BCUT2D eigenvalue weighted by Gasteiger charge is -2.33. The molecule has 24 heavy (non-hydrogen) atoms. The van der Waals surface area contributed by atoms with Crippen molar-refractivity contribution in [3.05, 3.63) is 36.0 Å². The number of rotatable bonds is 6. The molecule has 0 bridgehead atoms. The SMILES string of the molecule is Cc1ccc(N2CCC[C@@H](c3nccn3CCCN(C)C)C2)nn1. The van der Waals surface area contributed by atoms with Gasteiger partial charge in [-0.3, -0.25) is 0 Å². The minimum Gasteiger partial charge on any atom is -0.354 e. The highest BCUT2D eigenvalue weighted by molar-refractivity contribution is 5.38. The molecular weight excluding hydrogens is 300 g/mol.